The molecule has 1 aliphatic rings. The third kappa shape index (κ3) is 1.92. The Morgan fingerprint density at radius 3 is 2.11 bits per heavy atom. The summed E-state index contributed by atoms with van der Waals surface area (Å²) in [7, 11) is 0. The molecule has 0 bridgehead atoms. The van der Waals surface area contributed by atoms with Crippen molar-refractivity contribution in [2.75, 3.05) is 0 Å². The second-order valence-corrected chi connectivity index (χ2v) is 5.61. The molecule has 0 spiro atoms. The Bertz CT molecular complexity index is 626. The highest BCUT2D eigenvalue weighted by molar-refractivity contribution is 5.98. The van der Waals surface area contributed by atoms with Gasteiger partial charge in [-0.25, -0.2) is 0 Å². The minimum absolute atomic E-state index is 0.105. The highest BCUT2D eigenvalue weighted by atomic mass is 16.1. The molecule has 1 aromatic carbocycles. The zero-order chi connectivity index (χ0) is 13.6. The number of nitrogens with one attached hydrogen (secondary N) is 1. The fraction of sp³-hybridized carbons (Fsp3) is 0.353. The Hall–Kier alpha value is -1.83. The van der Waals surface area contributed by atoms with Crippen LogP contribution < -0.4 is 0 Å². The Morgan fingerprint density at radius 2 is 1.63 bits per heavy atom. The average Bonchev–Trinajstić information content (AvgIpc) is 2.95. The van der Waals surface area contributed by atoms with Crippen LogP contribution in [0.3, 0.4) is 0 Å². The fourth-order valence-electron chi connectivity index (χ4n) is 3.04. The minimum atomic E-state index is 0.105. The van der Waals surface area contributed by atoms with Crippen molar-refractivity contribution in [3.8, 4) is 0 Å². The van der Waals surface area contributed by atoms with E-state index in [0.717, 1.165) is 29.8 Å². The van der Waals surface area contributed by atoms with Gasteiger partial charge in [0.15, 0.2) is 5.78 Å². The SMILES string of the molecule is Cc1[nH]c(C(=O)C2Cc3ccccc3C2)c(C)c1C. The van der Waals surface area contributed by atoms with Gasteiger partial charge in [0.2, 0.25) is 0 Å². The van der Waals surface area contributed by atoms with E-state index in [1.807, 2.05) is 13.8 Å². The summed E-state index contributed by atoms with van der Waals surface area (Å²) in [5.41, 5.74) is 6.90. The fourth-order valence-corrected chi connectivity index (χ4v) is 3.04. The van der Waals surface area contributed by atoms with Gasteiger partial charge in [-0.2, -0.15) is 0 Å². The molecule has 0 atom stereocenters. The highest BCUT2D eigenvalue weighted by Gasteiger charge is 2.29. The van der Waals surface area contributed by atoms with Gasteiger partial charge in [0, 0.05) is 11.6 Å². The van der Waals surface area contributed by atoms with Crippen LogP contribution in [0.4, 0.5) is 0 Å². The number of aryl methyl sites for hydroxylation is 1. The number of ketones is 1. The van der Waals surface area contributed by atoms with Crippen molar-refractivity contribution in [1.29, 1.82) is 0 Å². The van der Waals surface area contributed by atoms with Gasteiger partial charge in [0.05, 0.1) is 5.69 Å². The number of hydrogen-bond acceptors (Lipinski definition) is 1. The van der Waals surface area contributed by atoms with Gasteiger partial charge in [0.25, 0.3) is 0 Å². The van der Waals surface area contributed by atoms with Crippen LogP contribution in [0.15, 0.2) is 24.3 Å². The van der Waals surface area contributed by atoms with Gasteiger partial charge in [-0.05, 0) is 55.9 Å². The van der Waals surface area contributed by atoms with E-state index in [1.165, 1.54) is 16.7 Å². The number of aromatic nitrogens is 1. The van der Waals surface area contributed by atoms with E-state index < -0.39 is 0 Å². The third-order valence-corrected chi connectivity index (χ3v) is 4.48. The Kier molecular flexibility index (Phi) is 2.81. The second kappa shape index (κ2) is 4.37. The number of aromatic amines is 1. The zero-order valence-corrected chi connectivity index (χ0v) is 11.7. The van der Waals surface area contributed by atoms with Crippen LogP contribution >= 0.6 is 0 Å². The normalized spacial score (nSPS) is 14.7. The largest absolute Gasteiger partial charge is 0.356 e. The molecule has 1 aromatic heterocycles. The number of hydrogen-bond donors (Lipinski definition) is 1. The van der Waals surface area contributed by atoms with E-state index in [1.54, 1.807) is 0 Å². The van der Waals surface area contributed by atoms with E-state index in [0.29, 0.717) is 0 Å². The second-order valence-electron chi connectivity index (χ2n) is 5.61. The maximum Gasteiger partial charge on any atom is 0.183 e. The summed E-state index contributed by atoms with van der Waals surface area (Å²) in [4.78, 5) is 15.9. The van der Waals surface area contributed by atoms with Crippen molar-refractivity contribution < 1.29 is 4.79 Å². The van der Waals surface area contributed by atoms with Gasteiger partial charge in [-0.15, -0.1) is 0 Å². The van der Waals surface area contributed by atoms with Crippen molar-refractivity contribution in [1.82, 2.24) is 4.98 Å². The summed E-state index contributed by atoms with van der Waals surface area (Å²) in [5, 5.41) is 0. The van der Waals surface area contributed by atoms with Crippen LogP contribution in [0.25, 0.3) is 0 Å². The topological polar surface area (TPSA) is 32.9 Å². The molecule has 2 heteroatoms. The van der Waals surface area contributed by atoms with Crippen LogP contribution in [0.1, 0.15) is 38.4 Å². The van der Waals surface area contributed by atoms with Crippen LogP contribution in [0, 0.1) is 26.7 Å². The predicted octanol–water partition coefficient (Wildman–Crippen LogP) is 3.54. The van der Waals surface area contributed by atoms with Crippen molar-refractivity contribution in [3.63, 3.8) is 0 Å². The lowest BCUT2D eigenvalue weighted by atomic mass is 9.96. The number of carbonyl (C=O) groups is 1. The molecule has 1 aliphatic carbocycles. The molecule has 0 aliphatic heterocycles. The van der Waals surface area contributed by atoms with Crippen molar-refractivity contribution in [2.24, 2.45) is 5.92 Å². The molecule has 0 saturated carbocycles. The number of rotatable bonds is 2. The Morgan fingerprint density at radius 1 is 1.05 bits per heavy atom. The minimum Gasteiger partial charge on any atom is -0.356 e. The number of carbonyl (C=O) groups excluding carboxylic acids is 1. The highest BCUT2D eigenvalue weighted by Crippen LogP contribution is 2.30. The van der Waals surface area contributed by atoms with Crippen LogP contribution in [0.2, 0.25) is 0 Å². The van der Waals surface area contributed by atoms with E-state index in [9.17, 15) is 4.79 Å². The molecule has 19 heavy (non-hydrogen) atoms. The standard InChI is InChI=1S/C17H19NO/c1-10-11(2)16(18-12(10)3)17(19)15-8-13-6-4-5-7-14(13)9-15/h4-7,15,18H,8-9H2,1-3H3. The molecule has 2 aromatic rings. The van der Waals surface area contributed by atoms with Crippen LogP contribution in [0.5, 0.6) is 0 Å². The Labute approximate surface area is 113 Å². The molecule has 2 nitrogen and oxygen atoms in total. The first kappa shape index (κ1) is 12.2. The van der Waals surface area contributed by atoms with Crippen molar-refractivity contribution in [3.05, 3.63) is 57.9 Å². The molecule has 0 fully saturated rings. The molecule has 1 N–H and O–H groups in total. The lowest BCUT2D eigenvalue weighted by molar-refractivity contribution is 0.0919. The lowest BCUT2D eigenvalue weighted by Crippen LogP contribution is -2.16. The Balaban J connectivity index is 1.89. The molecule has 0 saturated heterocycles. The molecule has 98 valence electrons. The van der Waals surface area contributed by atoms with Gasteiger partial charge in [-0.1, -0.05) is 24.3 Å². The first-order valence-electron chi connectivity index (χ1n) is 6.84. The molecule has 0 radical (unpaired) electrons. The van der Waals surface area contributed by atoms with Gasteiger partial charge >= 0.3 is 0 Å². The third-order valence-electron chi connectivity index (χ3n) is 4.48. The van der Waals surface area contributed by atoms with E-state index in [-0.39, 0.29) is 11.7 Å². The van der Waals surface area contributed by atoms with Crippen molar-refractivity contribution in [2.45, 2.75) is 33.6 Å². The van der Waals surface area contributed by atoms with Crippen LogP contribution in [-0.2, 0) is 12.8 Å². The smallest absolute Gasteiger partial charge is 0.183 e. The van der Waals surface area contributed by atoms with E-state index >= 15 is 0 Å². The monoisotopic (exact) mass is 253 g/mol. The zero-order valence-electron chi connectivity index (χ0n) is 11.7. The molecule has 1 heterocycles. The summed E-state index contributed by atoms with van der Waals surface area (Å²) in [6, 6.07) is 8.39. The maximum atomic E-state index is 12.7. The summed E-state index contributed by atoms with van der Waals surface area (Å²) in [6.45, 7) is 6.14. The molecular formula is C17H19NO. The molecule has 0 amide bonds. The lowest BCUT2D eigenvalue weighted by Gasteiger charge is -2.07. The van der Waals surface area contributed by atoms with E-state index in [4.69, 9.17) is 0 Å². The average molecular weight is 253 g/mol. The van der Waals surface area contributed by atoms with Gasteiger partial charge in [-0.3, -0.25) is 4.79 Å². The first-order valence-corrected chi connectivity index (χ1v) is 6.84. The van der Waals surface area contributed by atoms with Crippen LogP contribution in [-0.4, -0.2) is 10.8 Å². The maximum absolute atomic E-state index is 12.7. The number of H-pyrrole nitrogens is 1. The first-order chi connectivity index (χ1) is 9.08. The molecule has 3 rings (SSSR count). The summed E-state index contributed by atoms with van der Waals surface area (Å²) in [5.74, 6) is 0.374. The van der Waals surface area contributed by atoms with Crippen molar-refractivity contribution >= 4 is 5.78 Å². The quantitative estimate of drug-likeness (QED) is 0.816. The number of Topliss-reactive ketones (excluding diaryl/α,β-unsaturated/α-hetero) is 1. The van der Waals surface area contributed by atoms with Gasteiger partial charge in [0.1, 0.15) is 0 Å². The molecule has 0 unspecified atom stereocenters. The summed E-state index contributed by atoms with van der Waals surface area (Å²) in [6.07, 6.45) is 1.76. The van der Waals surface area contributed by atoms with E-state index in [2.05, 4.69) is 36.2 Å². The van der Waals surface area contributed by atoms with Gasteiger partial charge < -0.3 is 4.98 Å². The predicted molar refractivity (Wildman–Crippen MR) is 76.7 cm³/mol. The summed E-state index contributed by atoms with van der Waals surface area (Å²) >= 11 is 0. The molecular weight excluding hydrogens is 234 g/mol. The summed E-state index contributed by atoms with van der Waals surface area (Å²) < 4.78 is 0. The number of fused-ring (bicyclic) bond motifs is 1. The number of benzene rings is 1.